The van der Waals surface area contributed by atoms with Crippen molar-refractivity contribution in [3.8, 4) is 0 Å². The van der Waals surface area contributed by atoms with E-state index in [1.807, 2.05) is 42.5 Å². The van der Waals surface area contributed by atoms with Crippen LogP contribution in [0.15, 0.2) is 48.5 Å². The molecule has 0 saturated heterocycles. The number of anilines is 1. The summed E-state index contributed by atoms with van der Waals surface area (Å²) in [4.78, 5) is 17.1. The van der Waals surface area contributed by atoms with E-state index in [-0.39, 0.29) is 43.2 Å². The minimum atomic E-state index is -0.302. The van der Waals surface area contributed by atoms with Gasteiger partial charge >= 0.3 is 0 Å². The Hall–Kier alpha value is -2.08. The maximum atomic E-state index is 12.4. The molecule has 0 spiro atoms. The smallest absolute Gasteiger partial charge is 0.226 e. The van der Waals surface area contributed by atoms with Gasteiger partial charge in [-0.25, -0.2) is 4.98 Å². The summed E-state index contributed by atoms with van der Waals surface area (Å²) in [6.07, 6.45) is 4.95. The number of nitrogens with two attached hydrogens (primary N) is 1. The number of halogens is 2. The Balaban J connectivity index is 0.00000140. The highest BCUT2D eigenvalue weighted by Crippen LogP contribution is 2.25. The number of hydrogen-bond acceptors (Lipinski definition) is 3. The van der Waals surface area contributed by atoms with Gasteiger partial charge in [0.1, 0.15) is 5.82 Å². The van der Waals surface area contributed by atoms with Gasteiger partial charge in [-0.1, -0.05) is 36.8 Å². The number of amides is 1. The summed E-state index contributed by atoms with van der Waals surface area (Å²) in [7, 11) is 0. The number of nitrogens with one attached hydrogen (secondary N) is 1. The Bertz CT molecular complexity index is 927. The topological polar surface area (TPSA) is 72.9 Å². The second-order valence-corrected chi connectivity index (χ2v) is 6.96. The second kappa shape index (κ2) is 9.92. The number of fused-ring (bicyclic) bond motifs is 3. The van der Waals surface area contributed by atoms with Gasteiger partial charge in [0.25, 0.3) is 0 Å². The highest BCUT2D eigenvalue weighted by Gasteiger charge is 2.15. The number of aromatic nitrogens is 2. The van der Waals surface area contributed by atoms with E-state index in [1.165, 1.54) is 19.3 Å². The molecule has 0 aliphatic carbocycles. The van der Waals surface area contributed by atoms with Crippen LogP contribution in [0.25, 0.3) is 11.0 Å². The number of carbonyl (C=O) groups is 1. The van der Waals surface area contributed by atoms with E-state index in [0.717, 1.165) is 41.1 Å². The average Bonchev–Trinajstić information content (AvgIpc) is 2.82. The van der Waals surface area contributed by atoms with Crippen molar-refractivity contribution in [2.45, 2.75) is 44.7 Å². The molecule has 0 bridgehead atoms. The van der Waals surface area contributed by atoms with E-state index < -0.39 is 0 Å². The summed E-state index contributed by atoms with van der Waals surface area (Å²) in [5, 5.41) is 2.96. The summed E-state index contributed by atoms with van der Waals surface area (Å²) in [5.74, 6) is 1.08. The average molecular weight is 421 g/mol. The second-order valence-electron chi connectivity index (χ2n) is 6.96. The molecule has 1 aliphatic rings. The Morgan fingerprint density at radius 3 is 2.68 bits per heavy atom. The monoisotopic (exact) mass is 420 g/mol. The van der Waals surface area contributed by atoms with Crippen molar-refractivity contribution in [2.24, 2.45) is 5.73 Å². The molecule has 1 unspecified atom stereocenters. The molecule has 3 N–H and O–H groups in total. The Kier molecular flexibility index (Phi) is 7.87. The maximum Gasteiger partial charge on any atom is 0.226 e. The van der Waals surface area contributed by atoms with Crippen LogP contribution < -0.4 is 11.1 Å². The summed E-state index contributed by atoms with van der Waals surface area (Å²) in [6, 6.07) is 15.4. The third-order valence-electron chi connectivity index (χ3n) is 5.03. The zero-order chi connectivity index (χ0) is 17.9. The normalized spacial score (nSPS) is 14.2. The highest BCUT2D eigenvalue weighted by atomic mass is 35.5. The number of benzene rings is 2. The SMILES string of the molecule is Cl.Cl.NC(CC(=O)Nc1ccc2c(c1)nc1n2CCCCC1)c1ccccc1. The molecule has 2 heterocycles. The van der Waals surface area contributed by atoms with Crippen LogP contribution in [-0.4, -0.2) is 15.5 Å². The summed E-state index contributed by atoms with van der Waals surface area (Å²) >= 11 is 0. The molecule has 3 aromatic rings. The molecule has 1 aliphatic heterocycles. The van der Waals surface area contributed by atoms with Crippen LogP contribution in [0, 0.1) is 0 Å². The molecule has 7 heteroatoms. The Morgan fingerprint density at radius 2 is 1.89 bits per heavy atom. The van der Waals surface area contributed by atoms with Gasteiger partial charge < -0.3 is 15.6 Å². The zero-order valence-electron chi connectivity index (χ0n) is 15.6. The van der Waals surface area contributed by atoms with E-state index >= 15 is 0 Å². The van der Waals surface area contributed by atoms with Crippen LogP contribution in [0.2, 0.25) is 0 Å². The first-order valence-electron chi connectivity index (χ1n) is 9.30. The van der Waals surface area contributed by atoms with Crippen molar-refractivity contribution in [1.29, 1.82) is 0 Å². The number of imidazole rings is 1. The molecule has 1 aromatic heterocycles. The lowest BCUT2D eigenvalue weighted by molar-refractivity contribution is -0.116. The van der Waals surface area contributed by atoms with Gasteiger partial charge in [0, 0.05) is 31.1 Å². The summed E-state index contributed by atoms with van der Waals surface area (Å²) < 4.78 is 2.32. The lowest BCUT2D eigenvalue weighted by Crippen LogP contribution is -2.20. The summed E-state index contributed by atoms with van der Waals surface area (Å²) in [5.41, 5.74) is 9.99. The molecule has 28 heavy (non-hydrogen) atoms. The number of nitrogens with zero attached hydrogens (tertiary/aromatic N) is 2. The first-order chi connectivity index (χ1) is 12.7. The number of hydrogen-bond donors (Lipinski definition) is 2. The molecule has 1 atom stereocenters. The Morgan fingerprint density at radius 1 is 1.11 bits per heavy atom. The predicted octanol–water partition coefficient (Wildman–Crippen LogP) is 4.63. The van der Waals surface area contributed by atoms with E-state index in [0.29, 0.717) is 0 Å². The third kappa shape index (κ3) is 4.85. The minimum absolute atomic E-state index is 0. The molecule has 2 aromatic carbocycles. The van der Waals surface area contributed by atoms with Gasteiger partial charge in [0.05, 0.1) is 11.0 Å². The van der Waals surface area contributed by atoms with E-state index in [9.17, 15) is 4.79 Å². The molecule has 0 fully saturated rings. The fraction of sp³-hybridized carbons (Fsp3) is 0.333. The van der Waals surface area contributed by atoms with Gasteiger partial charge in [-0.05, 0) is 36.6 Å². The number of aryl methyl sites for hydroxylation is 2. The van der Waals surface area contributed by atoms with E-state index in [2.05, 4.69) is 16.0 Å². The number of rotatable bonds is 4. The molecule has 0 radical (unpaired) electrons. The van der Waals surface area contributed by atoms with E-state index in [4.69, 9.17) is 10.7 Å². The lowest BCUT2D eigenvalue weighted by atomic mass is 10.0. The van der Waals surface area contributed by atoms with Crippen molar-refractivity contribution >= 4 is 47.4 Å². The highest BCUT2D eigenvalue weighted by molar-refractivity contribution is 5.93. The van der Waals surface area contributed by atoms with Gasteiger partial charge in [-0.3, -0.25) is 4.79 Å². The molecule has 0 saturated carbocycles. The minimum Gasteiger partial charge on any atom is -0.328 e. The van der Waals surface area contributed by atoms with Crippen LogP contribution in [0.1, 0.15) is 43.1 Å². The van der Waals surface area contributed by atoms with Crippen LogP contribution in [0.3, 0.4) is 0 Å². The molecular weight excluding hydrogens is 395 g/mol. The van der Waals surface area contributed by atoms with Crippen molar-refractivity contribution in [3.63, 3.8) is 0 Å². The lowest BCUT2D eigenvalue weighted by Gasteiger charge is -2.12. The van der Waals surface area contributed by atoms with Crippen molar-refractivity contribution in [3.05, 3.63) is 59.9 Å². The van der Waals surface area contributed by atoms with Crippen LogP contribution in [-0.2, 0) is 17.8 Å². The summed E-state index contributed by atoms with van der Waals surface area (Å²) in [6.45, 7) is 1.03. The van der Waals surface area contributed by atoms with Gasteiger partial charge in [-0.2, -0.15) is 0 Å². The van der Waals surface area contributed by atoms with Gasteiger partial charge in [0.2, 0.25) is 5.91 Å². The fourth-order valence-electron chi connectivity index (χ4n) is 3.66. The first-order valence-corrected chi connectivity index (χ1v) is 9.30. The fourth-order valence-corrected chi connectivity index (χ4v) is 3.66. The Labute approximate surface area is 177 Å². The van der Waals surface area contributed by atoms with Gasteiger partial charge in [-0.15, -0.1) is 24.8 Å². The van der Waals surface area contributed by atoms with Crippen molar-refractivity contribution in [2.75, 3.05) is 5.32 Å². The van der Waals surface area contributed by atoms with Gasteiger partial charge in [0.15, 0.2) is 0 Å². The first kappa shape index (κ1) is 22.2. The molecule has 5 nitrogen and oxygen atoms in total. The third-order valence-corrected chi connectivity index (χ3v) is 5.03. The maximum absolute atomic E-state index is 12.4. The van der Waals surface area contributed by atoms with Crippen LogP contribution in [0.4, 0.5) is 5.69 Å². The number of carbonyl (C=O) groups excluding carboxylic acids is 1. The molecule has 4 rings (SSSR count). The van der Waals surface area contributed by atoms with E-state index in [1.54, 1.807) is 0 Å². The largest absolute Gasteiger partial charge is 0.328 e. The molecular formula is C21H26Cl2N4O. The molecule has 1 amide bonds. The standard InChI is InChI=1S/C21H24N4O.2ClH/c22-17(15-7-3-1-4-8-15)14-21(26)23-16-10-11-19-18(13-16)24-20-9-5-2-6-12-25(19)20;;/h1,3-4,7-8,10-11,13,17H,2,5-6,9,12,14,22H2,(H,23,26);2*1H. The quantitative estimate of drug-likeness (QED) is 0.645. The predicted molar refractivity (Wildman–Crippen MR) is 118 cm³/mol. The molecule has 150 valence electrons. The van der Waals surface area contributed by atoms with Crippen molar-refractivity contribution < 1.29 is 4.79 Å². The van der Waals surface area contributed by atoms with Crippen molar-refractivity contribution in [1.82, 2.24) is 9.55 Å². The van der Waals surface area contributed by atoms with Crippen LogP contribution in [0.5, 0.6) is 0 Å². The zero-order valence-corrected chi connectivity index (χ0v) is 17.3. The van der Waals surface area contributed by atoms with Crippen LogP contribution >= 0.6 is 24.8 Å².